The van der Waals surface area contributed by atoms with Crippen molar-refractivity contribution >= 4 is 28.1 Å². The molecule has 0 bridgehead atoms. The molecule has 3 aromatic rings. The predicted molar refractivity (Wildman–Crippen MR) is 118 cm³/mol. The summed E-state index contributed by atoms with van der Waals surface area (Å²) in [7, 11) is 0. The number of hydrogen-bond donors (Lipinski definition) is 1. The Balaban J connectivity index is 1.88. The van der Waals surface area contributed by atoms with Gasteiger partial charge < -0.3 is 10.1 Å². The van der Waals surface area contributed by atoms with Crippen LogP contribution in [0.1, 0.15) is 38.8 Å². The highest BCUT2D eigenvalue weighted by atomic mass is 79.9. The zero-order valence-corrected chi connectivity index (χ0v) is 18.3. The van der Waals surface area contributed by atoms with Gasteiger partial charge in [-0.3, -0.25) is 9.59 Å². The molecule has 0 aliphatic carbocycles. The summed E-state index contributed by atoms with van der Waals surface area (Å²) in [5, 5.41) is 2.75. The molecule has 0 atom stereocenters. The maximum absolute atomic E-state index is 14.1. The standard InChI is InChI=1S/C24H21BrFNO3/c1-3-30-23-9-6-17(16-5-4-15(2)19(11-16)14-28)10-18(23)13-27-24(29)21-8-7-20(25)12-22(21)26/h4-12,14H,3,13H2,1-2H3,(H,27,29). The lowest BCUT2D eigenvalue weighted by Gasteiger charge is -2.14. The van der Waals surface area contributed by atoms with Crippen LogP contribution in [-0.4, -0.2) is 18.8 Å². The lowest BCUT2D eigenvalue weighted by molar-refractivity contribution is 0.0946. The largest absolute Gasteiger partial charge is 0.494 e. The van der Waals surface area contributed by atoms with Crippen LogP contribution in [-0.2, 0) is 6.54 Å². The van der Waals surface area contributed by atoms with Crippen molar-refractivity contribution in [1.82, 2.24) is 5.32 Å². The molecule has 154 valence electrons. The van der Waals surface area contributed by atoms with Crippen molar-refractivity contribution in [3.8, 4) is 16.9 Å². The third-order valence-corrected chi connectivity index (χ3v) is 5.21. The fourth-order valence-electron chi connectivity index (χ4n) is 3.08. The highest BCUT2D eigenvalue weighted by Gasteiger charge is 2.14. The zero-order chi connectivity index (χ0) is 21.7. The SMILES string of the molecule is CCOc1ccc(-c2ccc(C)c(C=O)c2)cc1CNC(=O)c1ccc(Br)cc1F. The highest BCUT2D eigenvalue weighted by molar-refractivity contribution is 9.10. The average molecular weight is 470 g/mol. The van der Waals surface area contributed by atoms with Crippen molar-refractivity contribution in [3.05, 3.63) is 87.1 Å². The normalized spacial score (nSPS) is 10.5. The Hall–Kier alpha value is -2.99. The van der Waals surface area contributed by atoms with Gasteiger partial charge in [-0.1, -0.05) is 34.1 Å². The number of rotatable bonds is 7. The lowest BCUT2D eigenvalue weighted by atomic mass is 9.98. The molecule has 0 radical (unpaired) electrons. The summed E-state index contributed by atoms with van der Waals surface area (Å²) in [5.41, 5.74) is 4.04. The first-order chi connectivity index (χ1) is 14.4. The summed E-state index contributed by atoms with van der Waals surface area (Å²) in [6.07, 6.45) is 0.835. The van der Waals surface area contributed by atoms with Gasteiger partial charge in [0.05, 0.1) is 12.2 Å². The van der Waals surface area contributed by atoms with Gasteiger partial charge in [0.1, 0.15) is 17.9 Å². The second-order valence-corrected chi connectivity index (χ2v) is 7.67. The number of benzene rings is 3. The van der Waals surface area contributed by atoms with Crippen LogP contribution in [0.3, 0.4) is 0 Å². The van der Waals surface area contributed by atoms with E-state index in [1.807, 2.05) is 50.2 Å². The van der Waals surface area contributed by atoms with Crippen LogP contribution >= 0.6 is 15.9 Å². The molecule has 3 rings (SSSR count). The minimum absolute atomic E-state index is 0.0264. The first-order valence-corrected chi connectivity index (χ1v) is 10.3. The molecule has 0 spiro atoms. The van der Waals surface area contributed by atoms with E-state index < -0.39 is 11.7 Å². The number of aryl methyl sites for hydroxylation is 1. The maximum atomic E-state index is 14.1. The summed E-state index contributed by atoms with van der Waals surface area (Å²) >= 11 is 3.18. The van der Waals surface area contributed by atoms with Crippen LogP contribution in [0.4, 0.5) is 4.39 Å². The van der Waals surface area contributed by atoms with Gasteiger partial charge in [-0.15, -0.1) is 0 Å². The van der Waals surface area contributed by atoms with Crippen LogP contribution in [0.5, 0.6) is 5.75 Å². The Morgan fingerprint density at radius 1 is 1.10 bits per heavy atom. The van der Waals surface area contributed by atoms with E-state index in [-0.39, 0.29) is 12.1 Å². The van der Waals surface area contributed by atoms with Crippen molar-refractivity contribution in [3.63, 3.8) is 0 Å². The van der Waals surface area contributed by atoms with Crippen LogP contribution in [0.2, 0.25) is 0 Å². The molecule has 0 saturated heterocycles. The van der Waals surface area contributed by atoms with Crippen molar-refractivity contribution in [2.45, 2.75) is 20.4 Å². The number of carbonyl (C=O) groups excluding carboxylic acids is 2. The first-order valence-electron chi connectivity index (χ1n) is 9.48. The van der Waals surface area contributed by atoms with E-state index in [0.29, 0.717) is 22.4 Å². The third-order valence-electron chi connectivity index (χ3n) is 4.72. The van der Waals surface area contributed by atoms with E-state index >= 15 is 0 Å². The number of nitrogens with one attached hydrogen (secondary N) is 1. The van der Waals surface area contributed by atoms with E-state index in [1.165, 1.54) is 12.1 Å². The van der Waals surface area contributed by atoms with Crippen molar-refractivity contribution in [2.75, 3.05) is 6.61 Å². The number of ether oxygens (including phenoxy) is 1. The van der Waals surface area contributed by atoms with Gasteiger partial charge in [-0.25, -0.2) is 4.39 Å². The quantitative estimate of drug-likeness (QED) is 0.451. The molecule has 4 nitrogen and oxygen atoms in total. The molecule has 3 aromatic carbocycles. The Bertz CT molecular complexity index is 1100. The van der Waals surface area contributed by atoms with Gasteiger partial charge in [0.2, 0.25) is 0 Å². The molecule has 0 unspecified atom stereocenters. The summed E-state index contributed by atoms with van der Waals surface area (Å²) < 4.78 is 20.3. The molecule has 0 saturated carbocycles. The number of halogens is 2. The average Bonchev–Trinajstić information content (AvgIpc) is 2.73. The Labute approximate surface area is 183 Å². The molecule has 6 heteroatoms. The second-order valence-electron chi connectivity index (χ2n) is 6.75. The van der Waals surface area contributed by atoms with Crippen LogP contribution in [0.15, 0.2) is 59.1 Å². The van der Waals surface area contributed by atoms with Gasteiger partial charge >= 0.3 is 0 Å². The van der Waals surface area contributed by atoms with Gasteiger partial charge in [-0.05, 0) is 66.9 Å². The predicted octanol–water partition coefficient (Wildman–Crippen LogP) is 5.70. The van der Waals surface area contributed by atoms with Crippen molar-refractivity contribution < 1.29 is 18.7 Å². The smallest absolute Gasteiger partial charge is 0.254 e. The number of amides is 1. The van der Waals surface area contributed by atoms with E-state index in [1.54, 1.807) is 6.07 Å². The third kappa shape index (κ3) is 4.94. The number of aldehydes is 1. The van der Waals surface area contributed by atoms with E-state index in [2.05, 4.69) is 21.2 Å². The topological polar surface area (TPSA) is 55.4 Å². The fraction of sp³-hybridized carbons (Fsp3) is 0.167. The first kappa shape index (κ1) is 21.7. The molecular formula is C24H21BrFNO3. The molecule has 0 aliphatic rings. The van der Waals surface area contributed by atoms with Gasteiger partial charge in [0, 0.05) is 22.1 Å². The number of hydrogen-bond acceptors (Lipinski definition) is 3. The lowest BCUT2D eigenvalue weighted by Crippen LogP contribution is -2.24. The molecular weight excluding hydrogens is 449 g/mol. The summed E-state index contributed by atoms with van der Waals surface area (Å²) in [5.74, 6) is -0.464. The molecule has 0 heterocycles. The molecule has 1 N–H and O–H groups in total. The summed E-state index contributed by atoms with van der Waals surface area (Å²) in [4.78, 5) is 23.7. The maximum Gasteiger partial charge on any atom is 0.254 e. The monoisotopic (exact) mass is 469 g/mol. The molecule has 0 aromatic heterocycles. The van der Waals surface area contributed by atoms with Crippen LogP contribution in [0.25, 0.3) is 11.1 Å². The number of carbonyl (C=O) groups is 2. The summed E-state index contributed by atoms with van der Waals surface area (Å²) in [6.45, 7) is 4.41. The van der Waals surface area contributed by atoms with Gasteiger partial charge in [-0.2, -0.15) is 0 Å². The Morgan fingerprint density at radius 2 is 1.83 bits per heavy atom. The molecule has 0 fully saturated rings. The summed E-state index contributed by atoms with van der Waals surface area (Å²) in [6, 6.07) is 15.6. The minimum Gasteiger partial charge on any atom is -0.494 e. The van der Waals surface area contributed by atoms with Gasteiger partial charge in [0.15, 0.2) is 0 Å². The van der Waals surface area contributed by atoms with Crippen LogP contribution < -0.4 is 10.1 Å². The fourth-order valence-corrected chi connectivity index (χ4v) is 3.42. The highest BCUT2D eigenvalue weighted by Crippen LogP contribution is 2.28. The Morgan fingerprint density at radius 3 is 2.53 bits per heavy atom. The second kappa shape index (κ2) is 9.67. The van der Waals surface area contributed by atoms with E-state index in [9.17, 15) is 14.0 Å². The molecule has 1 amide bonds. The molecule has 0 aliphatic heterocycles. The zero-order valence-electron chi connectivity index (χ0n) is 16.7. The molecule has 30 heavy (non-hydrogen) atoms. The van der Waals surface area contributed by atoms with Crippen molar-refractivity contribution in [1.29, 1.82) is 0 Å². The van der Waals surface area contributed by atoms with Crippen LogP contribution in [0, 0.1) is 12.7 Å². The van der Waals surface area contributed by atoms with Crippen molar-refractivity contribution in [2.24, 2.45) is 0 Å². The van der Waals surface area contributed by atoms with E-state index in [4.69, 9.17) is 4.74 Å². The minimum atomic E-state index is -0.596. The van der Waals surface area contributed by atoms with E-state index in [0.717, 1.165) is 28.5 Å². The Kier molecular flexibility index (Phi) is 7.00. The van der Waals surface area contributed by atoms with Gasteiger partial charge in [0.25, 0.3) is 5.91 Å².